The second-order valence-corrected chi connectivity index (χ2v) is 6.66. The van der Waals surface area contributed by atoms with Crippen LogP contribution in [0.3, 0.4) is 0 Å². The van der Waals surface area contributed by atoms with Crippen LogP contribution in [0.25, 0.3) is 10.9 Å². The SMILES string of the molecule is O=C(O)c1cc(NCC2CCCCS2)nc2ccccc12. The highest BCUT2D eigenvalue weighted by Crippen LogP contribution is 2.26. The number of para-hydroxylation sites is 1. The zero-order chi connectivity index (χ0) is 14.7. The van der Waals surface area contributed by atoms with Gasteiger partial charge in [-0.1, -0.05) is 24.6 Å². The number of pyridine rings is 1. The highest BCUT2D eigenvalue weighted by molar-refractivity contribution is 7.99. The van der Waals surface area contributed by atoms with E-state index >= 15 is 0 Å². The van der Waals surface area contributed by atoms with Gasteiger partial charge in [-0.15, -0.1) is 0 Å². The summed E-state index contributed by atoms with van der Waals surface area (Å²) < 4.78 is 0. The van der Waals surface area contributed by atoms with Crippen LogP contribution in [0.15, 0.2) is 30.3 Å². The largest absolute Gasteiger partial charge is 0.478 e. The number of nitrogens with one attached hydrogen (secondary N) is 1. The number of carboxylic acid groups (broad SMARTS) is 1. The number of aromatic carboxylic acids is 1. The first-order valence-corrected chi connectivity index (χ1v) is 8.27. The van der Waals surface area contributed by atoms with Gasteiger partial charge in [0, 0.05) is 17.2 Å². The van der Waals surface area contributed by atoms with Gasteiger partial charge < -0.3 is 10.4 Å². The molecule has 21 heavy (non-hydrogen) atoms. The average Bonchev–Trinajstić information content (AvgIpc) is 2.53. The zero-order valence-electron chi connectivity index (χ0n) is 11.7. The molecular formula is C16H18N2O2S. The number of hydrogen-bond acceptors (Lipinski definition) is 4. The van der Waals surface area contributed by atoms with Gasteiger partial charge in [-0.2, -0.15) is 11.8 Å². The van der Waals surface area contributed by atoms with Crippen LogP contribution in [0.4, 0.5) is 5.82 Å². The monoisotopic (exact) mass is 302 g/mol. The first-order valence-electron chi connectivity index (χ1n) is 7.22. The Morgan fingerprint density at radius 2 is 2.24 bits per heavy atom. The summed E-state index contributed by atoms with van der Waals surface area (Å²) >= 11 is 1.99. The van der Waals surface area contributed by atoms with E-state index in [1.807, 2.05) is 30.0 Å². The van der Waals surface area contributed by atoms with E-state index in [2.05, 4.69) is 10.3 Å². The molecule has 5 heteroatoms. The predicted octanol–water partition coefficient (Wildman–Crippen LogP) is 3.63. The summed E-state index contributed by atoms with van der Waals surface area (Å²) in [5, 5.41) is 14.0. The van der Waals surface area contributed by atoms with E-state index in [0.717, 1.165) is 12.1 Å². The zero-order valence-corrected chi connectivity index (χ0v) is 12.5. The van der Waals surface area contributed by atoms with Gasteiger partial charge in [0.2, 0.25) is 0 Å². The van der Waals surface area contributed by atoms with Crippen molar-refractivity contribution in [3.63, 3.8) is 0 Å². The third-order valence-corrected chi connectivity index (χ3v) is 5.13. The van der Waals surface area contributed by atoms with E-state index in [1.54, 1.807) is 12.1 Å². The molecule has 1 aromatic carbocycles. The first-order chi connectivity index (χ1) is 10.2. The van der Waals surface area contributed by atoms with Crippen molar-refractivity contribution in [3.05, 3.63) is 35.9 Å². The third-order valence-electron chi connectivity index (χ3n) is 3.73. The minimum absolute atomic E-state index is 0.305. The van der Waals surface area contributed by atoms with Crippen LogP contribution in [0, 0.1) is 0 Å². The van der Waals surface area contributed by atoms with Gasteiger partial charge in [-0.05, 0) is 30.7 Å². The molecule has 4 nitrogen and oxygen atoms in total. The molecule has 3 rings (SSSR count). The minimum atomic E-state index is -0.913. The first kappa shape index (κ1) is 14.2. The van der Waals surface area contributed by atoms with Gasteiger partial charge in [0.05, 0.1) is 11.1 Å². The molecule has 1 saturated heterocycles. The second-order valence-electron chi connectivity index (χ2n) is 5.25. The molecule has 2 N–H and O–H groups in total. The molecule has 0 bridgehead atoms. The van der Waals surface area contributed by atoms with E-state index in [1.165, 1.54) is 25.0 Å². The van der Waals surface area contributed by atoms with Crippen molar-refractivity contribution in [1.82, 2.24) is 4.98 Å². The predicted molar refractivity (Wildman–Crippen MR) is 87.3 cm³/mol. The standard InChI is InChI=1S/C16H18N2O2S/c19-16(20)13-9-15(17-10-11-5-3-4-8-21-11)18-14-7-2-1-6-12(13)14/h1-2,6-7,9,11H,3-5,8,10H2,(H,17,18)(H,19,20). The van der Waals surface area contributed by atoms with Crippen molar-refractivity contribution in [3.8, 4) is 0 Å². The summed E-state index contributed by atoms with van der Waals surface area (Å²) in [4.78, 5) is 15.9. The summed E-state index contributed by atoms with van der Waals surface area (Å²) in [6.45, 7) is 0.842. The summed E-state index contributed by atoms with van der Waals surface area (Å²) in [5.74, 6) is 0.957. The van der Waals surface area contributed by atoms with Crippen molar-refractivity contribution in [1.29, 1.82) is 0 Å². The van der Waals surface area contributed by atoms with Crippen LogP contribution < -0.4 is 5.32 Å². The Morgan fingerprint density at radius 1 is 1.38 bits per heavy atom. The second kappa shape index (κ2) is 6.35. The van der Waals surface area contributed by atoms with Gasteiger partial charge in [-0.25, -0.2) is 9.78 Å². The number of carbonyl (C=O) groups is 1. The van der Waals surface area contributed by atoms with E-state index in [9.17, 15) is 9.90 Å². The molecule has 0 amide bonds. The van der Waals surface area contributed by atoms with E-state index in [4.69, 9.17) is 0 Å². The number of anilines is 1. The Bertz CT molecular complexity index is 654. The molecule has 1 aliphatic heterocycles. The van der Waals surface area contributed by atoms with Crippen molar-refractivity contribution in [2.45, 2.75) is 24.5 Å². The molecular weight excluding hydrogens is 284 g/mol. The lowest BCUT2D eigenvalue weighted by atomic mass is 10.1. The topological polar surface area (TPSA) is 62.2 Å². The van der Waals surface area contributed by atoms with Crippen LogP contribution in [0.1, 0.15) is 29.6 Å². The van der Waals surface area contributed by atoms with Crippen LogP contribution in [-0.2, 0) is 0 Å². The number of rotatable bonds is 4. The highest BCUT2D eigenvalue weighted by atomic mass is 32.2. The normalized spacial score (nSPS) is 18.6. The molecule has 1 atom stereocenters. The quantitative estimate of drug-likeness (QED) is 0.903. The molecule has 2 aromatic rings. The van der Waals surface area contributed by atoms with Gasteiger partial charge in [0.25, 0.3) is 0 Å². The van der Waals surface area contributed by atoms with E-state index in [-0.39, 0.29) is 0 Å². The van der Waals surface area contributed by atoms with Crippen LogP contribution in [0.2, 0.25) is 0 Å². The van der Waals surface area contributed by atoms with Crippen LogP contribution in [-0.4, -0.2) is 33.6 Å². The number of hydrogen-bond donors (Lipinski definition) is 2. The number of carboxylic acids is 1. The fraction of sp³-hybridized carbons (Fsp3) is 0.375. The fourth-order valence-electron chi connectivity index (χ4n) is 2.63. The lowest BCUT2D eigenvalue weighted by Gasteiger charge is -2.21. The average molecular weight is 302 g/mol. The molecule has 1 fully saturated rings. The van der Waals surface area contributed by atoms with Gasteiger partial charge >= 0.3 is 5.97 Å². The molecule has 2 heterocycles. The number of fused-ring (bicyclic) bond motifs is 1. The Balaban J connectivity index is 1.83. The number of thioether (sulfide) groups is 1. The Morgan fingerprint density at radius 3 is 3.00 bits per heavy atom. The molecule has 0 spiro atoms. The Labute approximate surface area is 128 Å². The minimum Gasteiger partial charge on any atom is -0.478 e. The maximum absolute atomic E-state index is 11.4. The molecule has 1 unspecified atom stereocenters. The van der Waals surface area contributed by atoms with Gasteiger partial charge in [0.15, 0.2) is 0 Å². The molecule has 110 valence electrons. The van der Waals surface area contributed by atoms with E-state index in [0.29, 0.717) is 22.0 Å². The van der Waals surface area contributed by atoms with Crippen molar-refractivity contribution < 1.29 is 9.90 Å². The molecule has 1 aromatic heterocycles. The number of benzene rings is 1. The van der Waals surface area contributed by atoms with Gasteiger partial charge in [-0.3, -0.25) is 0 Å². The van der Waals surface area contributed by atoms with Crippen molar-refractivity contribution >= 4 is 34.5 Å². The number of nitrogens with zero attached hydrogens (tertiary/aromatic N) is 1. The lowest BCUT2D eigenvalue weighted by molar-refractivity contribution is 0.0699. The van der Waals surface area contributed by atoms with Crippen molar-refractivity contribution in [2.75, 3.05) is 17.6 Å². The highest BCUT2D eigenvalue weighted by Gasteiger charge is 2.15. The van der Waals surface area contributed by atoms with Crippen LogP contribution >= 0.6 is 11.8 Å². The Kier molecular flexibility index (Phi) is 4.29. The molecule has 1 aliphatic rings. The fourth-order valence-corrected chi connectivity index (χ4v) is 3.87. The molecule has 0 saturated carbocycles. The number of aromatic nitrogens is 1. The molecule has 0 aliphatic carbocycles. The summed E-state index contributed by atoms with van der Waals surface area (Å²) in [5.41, 5.74) is 1.02. The smallest absolute Gasteiger partial charge is 0.336 e. The van der Waals surface area contributed by atoms with Gasteiger partial charge in [0.1, 0.15) is 5.82 Å². The summed E-state index contributed by atoms with van der Waals surface area (Å²) in [6, 6.07) is 9.00. The lowest BCUT2D eigenvalue weighted by Crippen LogP contribution is -2.20. The van der Waals surface area contributed by atoms with Crippen LogP contribution in [0.5, 0.6) is 0 Å². The summed E-state index contributed by atoms with van der Waals surface area (Å²) in [6.07, 6.45) is 3.81. The third kappa shape index (κ3) is 3.29. The maximum atomic E-state index is 11.4. The van der Waals surface area contributed by atoms with E-state index < -0.39 is 5.97 Å². The summed E-state index contributed by atoms with van der Waals surface area (Å²) in [7, 11) is 0. The molecule has 0 radical (unpaired) electrons. The maximum Gasteiger partial charge on any atom is 0.336 e. The van der Waals surface area contributed by atoms with Crippen molar-refractivity contribution in [2.24, 2.45) is 0 Å². The Hall–Kier alpha value is -1.75.